The normalized spacial score (nSPS) is 10.6. The minimum atomic E-state index is -1.09. The molecule has 0 saturated carbocycles. The molecule has 2 rings (SSSR count). The highest BCUT2D eigenvalue weighted by atomic mass is 16.5. The first-order valence-electron chi connectivity index (χ1n) is 7.84. The maximum atomic E-state index is 12.3. The number of carboxylic acids is 1. The number of benzene rings is 2. The van der Waals surface area contributed by atoms with Gasteiger partial charge in [-0.25, -0.2) is 4.79 Å². The Bertz CT molecular complexity index is 753. The van der Waals surface area contributed by atoms with E-state index < -0.39 is 5.97 Å². The lowest BCUT2D eigenvalue weighted by molar-refractivity contribution is 0.0656. The first-order chi connectivity index (χ1) is 11.9. The predicted octanol–water partition coefficient (Wildman–Crippen LogP) is 3.57. The van der Waals surface area contributed by atoms with Crippen LogP contribution in [0, 0.1) is 0 Å². The van der Waals surface area contributed by atoms with Crippen molar-refractivity contribution in [3.63, 3.8) is 0 Å². The smallest absolute Gasteiger partial charge is 0.339 e. The number of amides is 1. The fourth-order valence-corrected chi connectivity index (χ4v) is 2.16. The van der Waals surface area contributed by atoms with E-state index in [1.54, 1.807) is 12.1 Å². The van der Waals surface area contributed by atoms with Crippen LogP contribution in [0.15, 0.2) is 42.5 Å². The van der Waals surface area contributed by atoms with Crippen molar-refractivity contribution < 1.29 is 24.2 Å². The largest absolute Gasteiger partial charge is 0.496 e. The van der Waals surface area contributed by atoms with Crippen molar-refractivity contribution >= 4 is 17.6 Å². The summed E-state index contributed by atoms with van der Waals surface area (Å²) in [6, 6.07) is 11.5. The Balaban J connectivity index is 2.07. The second-order valence-corrected chi connectivity index (χ2v) is 5.73. The molecule has 2 aromatic carbocycles. The van der Waals surface area contributed by atoms with Crippen LogP contribution in [0.3, 0.4) is 0 Å². The first kappa shape index (κ1) is 18.5. The molecule has 0 aliphatic heterocycles. The fraction of sp³-hybridized carbons (Fsp3) is 0.263. The summed E-state index contributed by atoms with van der Waals surface area (Å²) in [7, 11) is 1.38. The number of carbonyl (C=O) groups excluding carboxylic acids is 1. The van der Waals surface area contributed by atoms with E-state index in [-0.39, 0.29) is 23.3 Å². The third-order valence-electron chi connectivity index (χ3n) is 3.49. The van der Waals surface area contributed by atoms with E-state index in [1.165, 1.54) is 25.3 Å². The number of anilines is 1. The van der Waals surface area contributed by atoms with Gasteiger partial charge in [-0.3, -0.25) is 4.79 Å². The van der Waals surface area contributed by atoms with Gasteiger partial charge in [-0.2, -0.15) is 0 Å². The molecule has 0 aliphatic carbocycles. The van der Waals surface area contributed by atoms with E-state index in [4.69, 9.17) is 14.6 Å². The zero-order valence-corrected chi connectivity index (χ0v) is 14.4. The van der Waals surface area contributed by atoms with Crippen LogP contribution >= 0.6 is 0 Å². The highest BCUT2D eigenvalue weighted by Crippen LogP contribution is 2.23. The van der Waals surface area contributed by atoms with Gasteiger partial charge in [0, 0.05) is 17.3 Å². The van der Waals surface area contributed by atoms with Gasteiger partial charge in [0.25, 0.3) is 5.91 Å². The Kier molecular flexibility index (Phi) is 6.14. The number of methoxy groups -OCH3 is 1. The maximum Gasteiger partial charge on any atom is 0.339 e. The van der Waals surface area contributed by atoms with E-state index in [1.807, 2.05) is 26.0 Å². The van der Waals surface area contributed by atoms with Crippen molar-refractivity contribution in [2.24, 2.45) is 0 Å². The van der Waals surface area contributed by atoms with Gasteiger partial charge < -0.3 is 19.9 Å². The van der Waals surface area contributed by atoms with E-state index in [0.717, 1.165) is 5.56 Å². The van der Waals surface area contributed by atoms with E-state index in [9.17, 15) is 9.59 Å². The number of carboxylic acid groups (broad SMARTS) is 1. The van der Waals surface area contributed by atoms with Crippen LogP contribution in [0.5, 0.6) is 5.75 Å². The molecule has 2 N–H and O–H groups in total. The van der Waals surface area contributed by atoms with Crippen molar-refractivity contribution in [1.82, 2.24) is 0 Å². The quantitative estimate of drug-likeness (QED) is 0.803. The van der Waals surface area contributed by atoms with Gasteiger partial charge >= 0.3 is 5.97 Å². The van der Waals surface area contributed by atoms with E-state index >= 15 is 0 Å². The van der Waals surface area contributed by atoms with Crippen LogP contribution in [0.4, 0.5) is 5.69 Å². The van der Waals surface area contributed by atoms with E-state index in [0.29, 0.717) is 17.9 Å². The van der Waals surface area contributed by atoms with Crippen LogP contribution in [0.1, 0.15) is 40.1 Å². The molecule has 0 aromatic heterocycles. The fourth-order valence-electron chi connectivity index (χ4n) is 2.16. The third kappa shape index (κ3) is 5.06. The van der Waals surface area contributed by atoms with Crippen LogP contribution < -0.4 is 10.1 Å². The minimum absolute atomic E-state index is 0.0370. The molecule has 0 atom stereocenters. The van der Waals surface area contributed by atoms with Crippen LogP contribution in [-0.2, 0) is 11.3 Å². The summed E-state index contributed by atoms with van der Waals surface area (Å²) in [5.41, 5.74) is 1.97. The Morgan fingerprint density at radius 3 is 2.36 bits per heavy atom. The Hall–Kier alpha value is -2.86. The standard InChI is InChI=1S/C19H21NO5/c1-12(2)25-11-13-4-6-14(7-5-13)18(21)20-15-8-9-16(19(22)23)17(10-15)24-3/h4-10,12H,11H2,1-3H3,(H,20,21)(H,22,23). The molecule has 25 heavy (non-hydrogen) atoms. The second-order valence-electron chi connectivity index (χ2n) is 5.73. The zero-order chi connectivity index (χ0) is 18.4. The average molecular weight is 343 g/mol. The Morgan fingerprint density at radius 1 is 1.12 bits per heavy atom. The highest BCUT2D eigenvalue weighted by Gasteiger charge is 2.13. The molecule has 0 aliphatic rings. The van der Waals surface area contributed by atoms with E-state index in [2.05, 4.69) is 5.32 Å². The molecule has 132 valence electrons. The molecule has 2 aromatic rings. The number of hydrogen-bond acceptors (Lipinski definition) is 4. The van der Waals surface area contributed by atoms with Gasteiger partial charge in [-0.1, -0.05) is 12.1 Å². The van der Waals surface area contributed by atoms with Crippen LogP contribution in [0.2, 0.25) is 0 Å². The van der Waals surface area contributed by atoms with Gasteiger partial charge in [0.05, 0.1) is 19.8 Å². The molecular weight excluding hydrogens is 322 g/mol. The monoisotopic (exact) mass is 343 g/mol. The van der Waals surface area contributed by atoms with Gasteiger partial charge in [0.1, 0.15) is 11.3 Å². The third-order valence-corrected chi connectivity index (χ3v) is 3.49. The summed E-state index contributed by atoms with van der Waals surface area (Å²) in [6.45, 7) is 4.42. The molecule has 0 saturated heterocycles. The second kappa shape index (κ2) is 8.30. The van der Waals surface area contributed by atoms with Crippen molar-refractivity contribution in [1.29, 1.82) is 0 Å². The molecule has 0 heterocycles. The number of nitrogens with one attached hydrogen (secondary N) is 1. The molecule has 6 nitrogen and oxygen atoms in total. The molecular formula is C19H21NO5. The lowest BCUT2D eigenvalue weighted by Crippen LogP contribution is -2.12. The molecule has 0 radical (unpaired) electrons. The number of ether oxygens (including phenoxy) is 2. The molecule has 0 fully saturated rings. The topological polar surface area (TPSA) is 84.9 Å². The zero-order valence-electron chi connectivity index (χ0n) is 14.4. The predicted molar refractivity (Wildman–Crippen MR) is 94.3 cm³/mol. The Labute approximate surface area is 146 Å². The first-order valence-corrected chi connectivity index (χ1v) is 7.84. The minimum Gasteiger partial charge on any atom is -0.496 e. The Morgan fingerprint density at radius 2 is 1.80 bits per heavy atom. The molecule has 6 heteroatoms. The van der Waals surface area contributed by atoms with Crippen LogP contribution in [-0.4, -0.2) is 30.2 Å². The summed E-state index contributed by atoms with van der Waals surface area (Å²) in [6.07, 6.45) is 0.145. The summed E-state index contributed by atoms with van der Waals surface area (Å²) >= 11 is 0. The lowest BCUT2D eigenvalue weighted by atomic mass is 10.1. The SMILES string of the molecule is COc1cc(NC(=O)c2ccc(COC(C)C)cc2)ccc1C(=O)O. The van der Waals surface area contributed by atoms with Crippen LogP contribution in [0.25, 0.3) is 0 Å². The lowest BCUT2D eigenvalue weighted by Gasteiger charge is -2.10. The van der Waals surface area contributed by atoms with Gasteiger partial charge in [0.2, 0.25) is 0 Å². The number of hydrogen-bond donors (Lipinski definition) is 2. The van der Waals surface area contributed by atoms with Gasteiger partial charge in [-0.05, 0) is 43.7 Å². The van der Waals surface area contributed by atoms with Crippen molar-refractivity contribution in [2.75, 3.05) is 12.4 Å². The van der Waals surface area contributed by atoms with Gasteiger partial charge in [0.15, 0.2) is 0 Å². The average Bonchev–Trinajstić information content (AvgIpc) is 2.59. The molecule has 0 bridgehead atoms. The summed E-state index contributed by atoms with van der Waals surface area (Å²) < 4.78 is 10.6. The molecule has 0 spiro atoms. The number of carbonyl (C=O) groups is 2. The van der Waals surface area contributed by atoms with Crippen molar-refractivity contribution in [3.8, 4) is 5.75 Å². The number of rotatable bonds is 7. The summed E-state index contributed by atoms with van der Waals surface area (Å²) in [5, 5.41) is 11.8. The van der Waals surface area contributed by atoms with Crippen molar-refractivity contribution in [3.05, 3.63) is 59.2 Å². The molecule has 0 unspecified atom stereocenters. The highest BCUT2D eigenvalue weighted by molar-refractivity contribution is 6.04. The summed E-state index contributed by atoms with van der Waals surface area (Å²) in [5.74, 6) is -1.19. The summed E-state index contributed by atoms with van der Waals surface area (Å²) in [4.78, 5) is 23.4. The maximum absolute atomic E-state index is 12.3. The molecule has 1 amide bonds. The number of aromatic carboxylic acids is 1. The van der Waals surface area contributed by atoms with Gasteiger partial charge in [-0.15, -0.1) is 0 Å². The van der Waals surface area contributed by atoms with Crippen molar-refractivity contribution in [2.45, 2.75) is 26.6 Å².